The molecule has 0 fully saturated rings. The lowest BCUT2D eigenvalue weighted by atomic mass is 10.1. The van der Waals surface area contributed by atoms with Crippen LogP contribution in [0.5, 0.6) is 23.0 Å². The van der Waals surface area contributed by atoms with Crippen LogP contribution in [0.2, 0.25) is 0 Å². The molecule has 0 atom stereocenters. The molecular formula is C78H58N4O4S4. The van der Waals surface area contributed by atoms with Crippen molar-refractivity contribution in [3.05, 3.63) is 248 Å². The van der Waals surface area contributed by atoms with Crippen LogP contribution in [0.4, 0.5) is 62.6 Å². The molecule has 90 heavy (non-hydrogen) atoms. The first-order valence-corrected chi connectivity index (χ1v) is 32.9. The van der Waals surface area contributed by atoms with E-state index in [2.05, 4.69) is 228 Å². The van der Waals surface area contributed by atoms with Gasteiger partial charge in [0.2, 0.25) is 0 Å². The van der Waals surface area contributed by atoms with E-state index in [1.54, 1.807) is 28.4 Å². The Kier molecular flexibility index (Phi) is 13.8. The Morgan fingerprint density at radius 3 is 0.678 bits per heavy atom. The number of nitrogens with zero attached hydrogens (tertiary/aromatic N) is 4. The quantitative estimate of drug-likeness (QED) is 0.101. The Morgan fingerprint density at radius 2 is 0.422 bits per heavy atom. The number of aryl methyl sites for hydroxylation is 1. The first-order valence-electron chi connectivity index (χ1n) is 29.7. The molecule has 0 radical (unpaired) electrons. The fourth-order valence-corrected chi connectivity index (χ4v) is 16.9. The van der Waals surface area contributed by atoms with E-state index in [0.717, 1.165) is 85.6 Å². The molecule has 16 rings (SSSR count). The van der Waals surface area contributed by atoms with E-state index in [1.165, 1.54) is 86.3 Å². The van der Waals surface area contributed by atoms with E-state index in [1.807, 2.05) is 93.9 Å². The molecule has 0 amide bonds. The average Bonchev–Trinajstić information content (AvgIpc) is 1.62. The van der Waals surface area contributed by atoms with Crippen LogP contribution >= 0.6 is 45.3 Å². The largest absolute Gasteiger partial charge is 0.497 e. The molecule has 0 spiro atoms. The van der Waals surface area contributed by atoms with E-state index >= 15 is 0 Å². The van der Waals surface area contributed by atoms with Crippen molar-refractivity contribution in [2.24, 2.45) is 0 Å². The van der Waals surface area contributed by atoms with Crippen molar-refractivity contribution in [1.29, 1.82) is 0 Å². The fourth-order valence-electron chi connectivity index (χ4n) is 12.7. The van der Waals surface area contributed by atoms with Crippen LogP contribution in [-0.2, 0) is 0 Å². The predicted octanol–water partition coefficient (Wildman–Crippen LogP) is 23.7. The molecule has 0 N–H and O–H groups in total. The number of hydrogen-bond donors (Lipinski definition) is 0. The van der Waals surface area contributed by atoms with Gasteiger partial charge in [-0.3, -0.25) is 0 Å². The van der Waals surface area contributed by atoms with Crippen LogP contribution in [-0.4, -0.2) is 35.5 Å². The summed E-state index contributed by atoms with van der Waals surface area (Å²) in [6.07, 6.45) is 0. The molecule has 4 aromatic heterocycles. The van der Waals surface area contributed by atoms with Gasteiger partial charge in [-0.2, -0.15) is 0 Å². The standard InChI is InChI=1S/C78H58N4O4S4/c1-47-7-31-71-63(39-47)65-41-53(17-33-73(65)87-71)80(49-10-25-60(84-4)26-11-49)55-19-35-75-67(43-55)69-45-57(21-37-77(69)89-75)82(51-14-29-62(86-6)30-15-51)58-22-38-78-70(46-58)68-44-56(20-36-76(68)90-78)81(50-12-27-61(85-5)28-13-50)54-18-34-74-66(42-54)64-40-52(16-32-72(64)88-74)79(2)48-8-23-59(83-3)24-9-48/h7-46H,1-6H3. The number of methoxy groups -OCH3 is 4. The second-order valence-electron chi connectivity index (χ2n) is 22.5. The minimum absolute atomic E-state index is 0.801. The van der Waals surface area contributed by atoms with Gasteiger partial charge in [0.1, 0.15) is 23.0 Å². The summed E-state index contributed by atoms with van der Waals surface area (Å²) in [5.41, 5.74) is 12.9. The van der Waals surface area contributed by atoms with E-state index in [-0.39, 0.29) is 0 Å². The Morgan fingerprint density at radius 1 is 0.222 bits per heavy atom. The van der Waals surface area contributed by atoms with Crippen molar-refractivity contribution in [3.63, 3.8) is 0 Å². The summed E-state index contributed by atoms with van der Waals surface area (Å²) in [6, 6.07) is 88.4. The summed E-state index contributed by atoms with van der Waals surface area (Å²) in [6.45, 7) is 2.17. The number of anilines is 11. The second-order valence-corrected chi connectivity index (χ2v) is 26.9. The van der Waals surface area contributed by atoms with Gasteiger partial charge in [-0.15, -0.1) is 45.3 Å². The predicted molar refractivity (Wildman–Crippen MR) is 387 cm³/mol. The van der Waals surface area contributed by atoms with Crippen LogP contribution in [0, 0.1) is 6.92 Å². The molecule has 0 aliphatic rings. The SMILES string of the molecule is COc1ccc(N(C)c2ccc3sc4ccc(N(c5ccc(OC)cc5)c5ccc6sc7ccc(N(c8ccc(OC)cc8)c8ccc9sc%10ccc(N(c%11ccc(OC)cc%11)c%11ccc%12sc%13ccc(C)cc%13c%12c%11)cc%10c9c8)cc7c6c5)cc4c3c2)cc1. The molecule has 0 unspecified atom stereocenters. The Bertz CT molecular complexity index is 5420. The van der Waals surface area contributed by atoms with Crippen molar-refractivity contribution < 1.29 is 18.9 Å². The number of benzene rings is 12. The zero-order chi connectivity index (χ0) is 60.7. The number of rotatable bonds is 15. The van der Waals surface area contributed by atoms with Gasteiger partial charge in [-0.1, -0.05) is 11.6 Å². The second kappa shape index (κ2) is 22.5. The Balaban J connectivity index is 0.810. The van der Waals surface area contributed by atoms with Gasteiger partial charge in [0, 0.05) is 150 Å². The molecule has 12 aromatic carbocycles. The van der Waals surface area contributed by atoms with Gasteiger partial charge < -0.3 is 38.5 Å². The minimum atomic E-state index is 0.801. The van der Waals surface area contributed by atoms with Gasteiger partial charge in [-0.05, 0) is 244 Å². The highest BCUT2D eigenvalue weighted by Crippen LogP contribution is 2.49. The number of hydrogen-bond acceptors (Lipinski definition) is 12. The number of ether oxygens (including phenoxy) is 4. The molecule has 4 heterocycles. The van der Waals surface area contributed by atoms with Crippen LogP contribution in [0.3, 0.4) is 0 Å². The maximum absolute atomic E-state index is 5.73. The molecule has 16 aromatic rings. The van der Waals surface area contributed by atoms with Crippen molar-refractivity contribution in [2.45, 2.75) is 6.92 Å². The maximum Gasteiger partial charge on any atom is 0.119 e. The zero-order valence-corrected chi connectivity index (χ0v) is 53.4. The summed E-state index contributed by atoms with van der Waals surface area (Å²) in [5.74, 6) is 3.26. The summed E-state index contributed by atoms with van der Waals surface area (Å²) in [4.78, 5) is 9.36. The lowest BCUT2D eigenvalue weighted by molar-refractivity contribution is 0.414. The van der Waals surface area contributed by atoms with Crippen LogP contribution < -0.4 is 38.5 Å². The fraction of sp³-hybridized carbons (Fsp3) is 0.0769. The van der Waals surface area contributed by atoms with Gasteiger partial charge in [-0.25, -0.2) is 0 Å². The third kappa shape index (κ3) is 9.71. The van der Waals surface area contributed by atoms with Gasteiger partial charge >= 0.3 is 0 Å². The van der Waals surface area contributed by atoms with Crippen molar-refractivity contribution >= 4 is 189 Å². The van der Waals surface area contributed by atoms with Crippen LogP contribution in [0.15, 0.2) is 243 Å². The molecule has 0 bridgehead atoms. The maximum atomic E-state index is 5.73. The molecule has 0 aliphatic heterocycles. The van der Waals surface area contributed by atoms with Crippen molar-refractivity contribution in [2.75, 3.05) is 55.1 Å². The molecule has 0 saturated heterocycles. The highest BCUT2D eigenvalue weighted by molar-refractivity contribution is 7.27. The van der Waals surface area contributed by atoms with E-state index in [4.69, 9.17) is 18.9 Å². The molecule has 438 valence electrons. The monoisotopic (exact) mass is 1240 g/mol. The lowest BCUT2D eigenvalue weighted by Crippen LogP contribution is -2.10. The van der Waals surface area contributed by atoms with Gasteiger partial charge in [0.25, 0.3) is 0 Å². The smallest absolute Gasteiger partial charge is 0.119 e. The van der Waals surface area contributed by atoms with Crippen molar-refractivity contribution in [1.82, 2.24) is 0 Å². The molecule has 8 nitrogen and oxygen atoms in total. The Labute approximate surface area is 537 Å². The van der Waals surface area contributed by atoms with E-state index in [0.29, 0.717) is 0 Å². The summed E-state index contributed by atoms with van der Waals surface area (Å²) < 4.78 is 32.5. The number of fused-ring (bicyclic) bond motifs is 12. The third-order valence-electron chi connectivity index (χ3n) is 17.3. The Hall–Kier alpha value is -10.1. The first kappa shape index (κ1) is 55.2. The number of thiophene rings is 4. The third-order valence-corrected chi connectivity index (χ3v) is 21.9. The van der Waals surface area contributed by atoms with Gasteiger partial charge in [0.15, 0.2) is 0 Å². The highest BCUT2D eigenvalue weighted by Gasteiger charge is 2.23. The molecule has 0 saturated carbocycles. The molecule has 0 aliphatic carbocycles. The minimum Gasteiger partial charge on any atom is -0.497 e. The van der Waals surface area contributed by atoms with Gasteiger partial charge in [0.05, 0.1) is 28.4 Å². The highest BCUT2D eigenvalue weighted by atomic mass is 32.1. The van der Waals surface area contributed by atoms with Crippen LogP contribution in [0.25, 0.3) is 80.7 Å². The molecular weight excluding hydrogens is 1190 g/mol. The average molecular weight is 1240 g/mol. The van der Waals surface area contributed by atoms with E-state index in [9.17, 15) is 0 Å². The van der Waals surface area contributed by atoms with E-state index < -0.39 is 0 Å². The summed E-state index contributed by atoms with van der Waals surface area (Å²) in [7, 11) is 8.97. The van der Waals surface area contributed by atoms with Crippen molar-refractivity contribution in [3.8, 4) is 23.0 Å². The van der Waals surface area contributed by atoms with Crippen LogP contribution in [0.1, 0.15) is 5.56 Å². The first-order chi connectivity index (χ1) is 44.1. The zero-order valence-electron chi connectivity index (χ0n) is 50.1. The lowest BCUT2D eigenvalue weighted by Gasteiger charge is -2.26. The summed E-state index contributed by atoms with van der Waals surface area (Å²) in [5, 5.41) is 9.73. The molecule has 12 heteroatoms. The summed E-state index contributed by atoms with van der Waals surface area (Å²) >= 11 is 7.33. The topological polar surface area (TPSA) is 49.9 Å². The normalized spacial score (nSPS) is 11.7.